The Balaban J connectivity index is 1.72. The molecule has 2 heterocycles. The molecule has 156 valence electrons. The summed E-state index contributed by atoms with van der Waals surface area (Å²) in [6.07, 6.45) is 1.64. The first-order chi connectivity index (χ1) is 13.7. The monoisotopic (exact) mass is 399 g/mol. The van der Waals surface area contributed by atoms with Crippen LogP contribution in [-0.2, 0) is 20.9 Å². The van der Waals surface area contributed by atoms with E-state index in [1.165, 1.54) is 0 Å². The van der Waals surface area contributed by atoms with E-state index in [4.69, 9.17) is 9.15 Å². The molecule has 0 saturated carbocycles. The number of oxazole rings is 1. The lowest BCUT2D eigenvalue weighted by Gasteiger charge is -2.16. The van der Waals surface area contributed by atoms with Gasteiger partial charge in [-0.2, -0.15) is 0 Å². The van der Waals surface area contributed by atoms with Crippen molar-refractivity contribution in [2.75, 3.05) is 11.9 Å². The van der Waals surface area contributed by atoms with Crippen LogP contribution in [0.15, 0.2) is 28.7 Å². The van der Waals surface area contributed by atoms with Gasteiger partial charge in [0.1, 0.15) is 17.6 Å². The maximum absolute atomic E-state index is 12.4. The highest BCUT2D eigenvalue weighted by Gasteiger charge is 2.25. The molecule has 0 radical (unpaired) electrons. The highest BCUT2D eigenvalue weighted by atomic mass is 16.5. The zero-order chi connectivity index (χ0) is 21.0. The molecule has 2 amide bonds. The SMILES string of the molecule is Cc1oc(-c2ccccc2NC(=O)[C@H]2CCCO2)nc1CNC(=O)CC(C)(C)C. The van der Waals surface area contributed by atoms with Gasteiger partial charge in [-0.25, -0.2) is 4.98 Å². The molecule has 7 nitrogen and oxygen atoms in total. The minimum Gasteiger partial charge on any atom is -0.441 e. The van der Waals surface area contributed by atoms with Crippen LogP contribution >= 0.6 is 0 Å². The van der Waals surface area contributed by atoms with E-state index in [9.17, 15) is 9.59 Å². The Hall–Kier alpha value is -2.67. The lowest BCUT2D eigenvalue weighted by molar-refractivity contribution is -0.125. The number of amides is 2. The molecule has 1 aromatic heterocycles. The second-order valence-corrected chi connectivity index (χ2v) is 8.57. The van der Waals surface area contributed by atoms with Crippen molar-refractivity contribution in [3.63, 3.8) is 0 Å². The van der Waals surface area contributed by atoms with Gasteiger partial charge < -0.3 is 19.8 Å². The number of hydrogen-bond donors (Lipinski definition) is 2. The Bertz CT molecular complexity index is 876. The van der Waals surface area contributed by atoms with E-state index in [1.807, 2.05) is 52.0 Å². The number of carbonyl (C=O) groups is 2. The van der Waals surface area contributed by atoms with Crippen LogP contribution < -0.4 is 10.6 Å². The fourth-order valence-electron chi connectivity index (χ4n) is 3.21. The standard InChI is InChI=1S/C22H29N3O4/c1-14-17(13-23-19(26)12-22(2,3)4)25-21(29-14)15-8-5-6-9-16(15)24-20(27)18-10-7-11-28-18/h5-6,8-9,18H,7,10-13H2,1-4H3,(H,23,26)(H,24,27)/t18-/m1/s1. The average molecular weight is 399 g/mol. The van der Waals surface area contributed by atoms with Crippen LogP contribution in [0.3, 0.4) is 0 Å². The summed E-state index contributed by atoms with van der Waals surface area (Å²) in [6, 6.07) is 7.37. The minimum atomic E-state index is -0.414. The molecular formula is C22H29N3O4. The van der Waals surface area contributed by atoms with E-state index in [1.54, 1.807) is 0 Å². The number of aromatic nitrogens is 1. The molecule has 2 aromatic rings. The first-order valence-corrected chi connectivity index (χ1v) is 9.98. The van der Waals surface area contributed by atoms with Crippen molar-refractivity contribution in [2.45, 2.75) is 59.6 Å². The second-order valence-electron chi connectivity index (χ2n) is 8.57. The van der Waals surface area contributed by atoms with Gasteiger partial charge in [-0.15, -0.1) is 0 Å². The highest BCUT2D eigenvalue weighted by Crippen LogP contribution is 2.29. The van der Waals surface area contributed by atoms with Crippen LogP contribution in [0, 0.1) is 12.3 Å². The lowest BCUT2D eigenvalue weighted by atomic mass is 9.92. The Morgan fingerprint density at radius 2 is 2.00 bits per heavy atom. The summed E-state index contributed by atoms with van der Waals surface area (Å²) in [5.41, 5.74) is 1.91. The maximum atomic E-state index is 12.4. The number of hydrogen-bond acceptors (Lipinski definition) is 5. The van der Waals surface area contributed by atoms with E-state index >= 15 is 0 Å². The Labute approximate surface area is 171 Å². The molecule has 29 heavy (non-hydrogen) atoms. The summed E-state index contributed by atoms with van der Waals surface area (Å²) >= 11 is 0. The largest absolute Gasteiger partial charge is 0.441 e. The topological polar surface area (TPSA) is 93.5 Å². The van der Waals surface area contributed by atoms with Gasteiger partial charge in [-0.05, 0) is 37.3 Å². The normalized spacial score (nSPS) is 16.6. The van der Waals surface area contributed by atoms with Gasteiger partial charge in [0, 0.05) is 13.0 Å². The number of rotatable bonds is 6. The Morgan fingerprint density at radius 3 is 2.69 bits per heavy atom. The molecule has 1 aliphatic rings. The molecular weight excluding hydrogens is 370 g/mol. The second kappa shape index (κ2) is 8.78. The number of para-hydroxylation sites is 1. The van der Waals surface area contributed by atoms with Crippen LogP contribution in [0.2, 0.25) is 0 Å². The van der Waals surface area contributed by atoms with Gasteiger partial charge in [0.25, 0.3) is 5.91 Å². The zero-order valence-electron chi connectivity index (χ0n) is 17.5. The van der Waals surface area contributed by atoms with Crippen molar-refractivity contribution in [1.82, 2.24) is 10.3 Å². The molecule has 1 fully saturated rings. The van der Waals surface area contributed by atoms with E-state index in [-0.39, 0.29) is 17.2 Å². The van der Waals surface area contributed by atoms with Gasteiger partial charge in [-0.1, -0.05) is 32.9 Å². The summed E-state index contributed by atoms with van der Waals surface area (Å²) < 4.78 is 11.3. The van der Waals surface area contributed by atoms with Crippen molar-refractivity contribution in [3.05, 3.63) is 35.7 Å². The molecule has 0 bridgehead atoms. The maximum Gasteiger partial charge on any atom is 0.253 e. The van der Waals surface area contributed by atoms with Crippen molar-refractivity contribution in [2.24, 2.45) is 5.41 Å². The summed E-state index contributed by atoms with van der Waals surface area (Å²) in [4.78, 5) is 29.1. The molecule has 3 rings (SSSR count). The van der Waals surface area contributed by atoms with Crippen molar-refractivity contribution in [3.8, 4) is 11.5 Å². The van der Waals surface area contributed by atoms with Gasteiger partial charge in [0.2, 0.25) is 11.8 Å². The molecule has 0 aliphatic carbocycles. The van der Waals surface area contributed by atoms with Crippen molar-refractivity contribution >= 4 is 17.5 Å². The molecule has 7 heteroatoms. The molecule has 0 unspecified atom stereocenters. The van der Waals surface area contributed by atoms with E-state index in [0.717, 1.165) is 12.8 Å². The third kappa shape index (κ3) is 5.67. The number of carbonyl (C=O) groups excluding carboxylic acids is 2. The quantitative estimate of drug-likeness (QED) is 0.770. The van der Waals surface area contributed by atoms with Crippen molar-refractivity contribution < 1.29 is 18.7 Å². The fourth-order valence-corrected chi connectivity index (χ4v) is 3.21. The lowest BCUT2D eigenvalue weighted by Crippen LogP contribution is -2.27. The third-order valence-corrected chi connectivity index (χ3v) is 4.67. The summed E-state index contributed by atoms with van der Waals surface area (Å²) in [6.45, 7) is 8.79. The fraction of sp³-hybridized carbons (Fsp3) is 0.500. The van der Waals surface area contributed by atoms with Crippen LogP contribution in [0.25, 0.3) is 11.5 Å². The summed E-state index contributed by atoms with van der Waals surface area (Å²) in [5.74, 6) is 0.862. The van der Waals surface area contributed by atoms with E-state index in [0.29, 0.717) is 48.2 Å². The van der Waals surface area contributed by atoms with Crippen LogP contribution in [0.5, 0.6) is 0 Å². The number of aryl methyl sites for hydroxylation is 1. The van der Waals surface area contributed by atoms with E-state index in [2.05, 4.69) is 15.6 Å². The van der Waals surface area contributed by atoms with Gasteiger partial charge in [0.05, 0.1) is 17.8 Å². The predicted molar refractivity (Wildman–Crippen MR) is 110 cm³/mol. The predicted octanol–water partition coefficient (Wildman–Crippen LogP) is 3.82. The van der Waals surface area contributed by atoms with Crippen LogP contribution in [-0.4, -0.2) is 29.5 Å². The first kappa shape index (κ1) is 21.0. The average Bonchev–Trinajstić information content (AvgIpc) is 3.29. The molecule has 1 aliphatic heterocycles. The number of nitrogens with one attached hydrogen (secondary N) is 2. The number of benzene rings is 1. The van der Waals surface area contributed by atoms with E-state index < -0.39 is 6.10 Å². The van der Waals surface area contributed by atoms with Gasteiger partial charge in [0.15, 0.2) is 0 Å². The zero-order valence-corrected chi connectivity index (χ0v) is 17.5. The summed E-state index contributed by atoms with van der Waals surface area (Å²) in [7, 11) is 0. The number of nitrogens with zero attached hydrogens (tertiary/aromatic N) is 1. The third-order valence-electron chi connectivity index (χ3n) is 4.67. The minimum absolute atomic E-state index is 0.0225. The van der Waals surface area contributed by atoms with Crippen molar-refractivity contribution in [1.29, 1.82) is 0 Å². The molecule has 2 N–H and O–H groups in total. The van der Waals surface area contributed by atoms with Crippen LogP contribution in [0.4, 0.5) is 5.69 Å². The number of ether oxygens (including phenoxy) is 1. The summed E-state index contributed by atoms with van der Waals surface area (Å²) in [5, 5.41) is 5.82. The molecule has 0 spiro atoms. The van der Waals surface area contributed by atoms with Gasteiger partial charge in [-0.3, -0.25) is 9.59 Å². The first-order valence-electron chi connectivity index (χ1n) is 9.98. The molecule has 1 saturated heterocycles. The highest BCUT2D eigenvalue weighted by molar-refractivity contribution is 5.97. The Morgan fingerprint density at radius 1 is 1.24 bits per heavy atom. The molecule has 1 atom stereocenters. The van der Waals surface area contributed by atoms with Gasteiger partial charge >= 0.3 is 0 Å². The Kier molecular flexibility index (Phi) is 6.37. The molecule has 1 aromatic carbocycles. The number of anilines is 1. The van der Waals surface area contributed by atoms with Crippen LogP contribution in [0.1, 0.15) is 51.5 Å². The smallest absolute Gasteiger partial charge is 0.253 e.